The molecule has 3 aromatic rings. The zero-order valence-corrected chi connectivity index (χ0v) is 21.3. The Labute approximate surface area is 218 Å². The first-order valence-electron chi connectivity index (χ1n) is 12.7. The van der Waals surface area contributed by atoms with Crippen LogP contribution >= 0.6 is 0 Å². The van der Waals surface area contributed by atoms with Crippen molar-refractivity contribution in [1.82, 2.24) is 4.90 Å². The molecule has 1 unspecified atom stereocenters. The Bertz CT molecular complexity index is 1490. The molecule has 3 nitrogen and oxygen atoms in total. The lowest BCUT2D eigenvalue weighted by atomic mass is 9.81. The molecule has 0 spiro atoms. The van der Waals surface area contributed by atoms with Crippen molar-refractivity contribution in [2.75, 3.05) is 13.1 Å². The number of carboxylic acids is 1. The highest BCUT2D eigenvalue weighted by atomic mass is 19.4. The van der Waals surface area contributed by atoms with Gasteiger partial charge < -0.3 is 5.11 Å². The Morgan fingerprint density at radius 3 is 2.32 bits per heavy atom. The van der Waals surface area contributed by atoms with E-state index in [9.17, 15) is 27.5 Å². The fourth-order valence-electron chi connectivity index (χ4n) is 5.82. The lowest BCUT2D eigenvalue weighted by molar-refractivity contribution is -0.137. The number of carbonyl (C=O) groups is 1. The van der Waals surface area contributed by atoms with Gasteiger partial charge in [0.1, 0.15) is 5.82 Å². The van der Waals surface area contributed by atoms with Gasteiger partial charge >= 0.3 is 12.1 Å². The van der Waals surface area contributed by atoms with E-state index in [0.717, 1.165) is 54.4 Å². The van der Waals surface area contributed by atoms with Gasteiger partial charge in [-0.3, -0.25) is 4.90 Å². The van der Waals surface area contributed by atoms with Crippen molar-refractivity contribution in [3.8, 4) is 11.1 Å². The smallest absolute Gasteiger partial charge is 0.416 e. The number of rotatable bonds is 5. The van der Waals surface area contributed by atoms with E-state index in [1.165, 1.54) is 24.3 Å². The Kier molecular flexibility index (Phi) is 6.68. The first-order chi connectivity index (χ1) is 17.9. The van der Waals surface area contributed by atoms with Gasteiger partial charge in [0.2, 0.25) is 0 Å². The molecule has 1 saturated heterocycles. The van der Waals surface area contributed by atoms with Crippen LogP contribution in [0.3, 0.4) is 0 Å². The molecule has 0 aromatic heterocycles. The minimum absolute atomic E-state index is 0.0537. The molecule has 198 valence electrons. The van der Waals surface area contributed by atoms with Crippen LogP contribution in [-0.4, -0.2) is 29.1 Å². The number of nitrogens with zero attached hydrogens (tertiary/aromatic N) is 1. The van der Waals surface area contributed by atoms with Crippen molar-refractivity contribution in [2.45, 2.75) is 45.3 Å². The van der Waals surface area contributed by atoms with E-state index in [4.69, 9.17) is 0 Å². The summed E-state index contributed by atoms with van der Waals surface area (Å²) in [5.74, 6) is -1.36. The van der Waals surface area contributed by atoms with Crippen molar-refractivity contribution in [2.24, 2.45) is 5.41 Å². The molecule has 0 bridgehead atoms. The van der Waals surface area contributed by atoms with Crippen LogP contribution in [0.5, 0.6) is 0 Å². The molecule has 1 aliphatic heterocycles. The highest BCUT2D eigenvalue weighted by Crippen LogP contribution is 2.40. The van der Waals surface area contributed by atoms with Crippen LogP contribution in [0.25, 0.3) is 22.8 Å². The Hall–Kier alpha value is -3.45. The van der Waals surface area contributed by atoms with Crippen LogP contribution in [0.2, 0.25) is 0 Å². The highest BCUT2D eigenvalue weighted by Gasteiger charge is 2.34. The maximum atomic E-state index is 13.9. The quantitative estimate of drug-likeness (QED) is 0.409. The van der Waals surface area contributed by atoms with E-state index >= 15 is 0 Å². The third-order valence-corrected chi connectivity index (χ3v) is 7.63. The molecule has 3 aromatic carbocycles. The lowest BCUT2D eigenvalue weighted by Crippen LogP contribution is -2.43. The molecule has 0 saturated carbocycles. The number of fused-ring (bicyclic) bond motifs is 1. The summed E-state index contributed by atoms with van der Waals surface area (Å²) in [4.78, 5) is 14.3. The molecular formula is C31H29F4NO2. The third-order valence-electron chi connectivity index (χ3n) is 7.63. The van der Waals surface area contributed by atoms with Crippen molar-refractivity contribution in [3.63, 3.8) is 0 Å². The summed E-state index contributed by atoms with van der Waals surface area (Å²) in [5.41, 5.74) is 2.53. The van der Waals surface area contributed by atoms with Crippen LogP contribution in [0, 0.1) is 11.2 Å². The summed E-state index contributed by atoms with van der Waals surface area (Å²) in [6.45, 7) is 6.02. The number of hydrogen-bond donors (Lipinski definition) is 1. The zero-order valence-electron chi connectivity index (χ0n) is 21.3. The SMILES string of the molecule is CC1(C)CCCN(C(c2ccc(F)cc2)c2cc3c(cc2-c2ccc(C(F)(F)F)cc2)=C(C(=O)O)CC=3)C1. The van der Waals surface area contributed by atoms with Gasteiger partial charge in [0.15, 0.2) is 0 Å². The fourth-order valence-corrected chi connectivity index (χ4v) is 5.82. The first-order valence-corrected chi connectivity index (χ1v) is 12.7. The number of halogens is 4. The van der Waals surface area contributed by atoms with Gasteiger partial charge in [0.05, 0.1) is 11.6 Å². The van der Waals surface area contributed by atoms with Gasteiger partial charge in [-0.1, -0.05) is 44.2 Å². The highest BCUT2D eigenvalue weighted by molar-refractivity contribution is 6.10. The van der Waals surface area contributed by atoms with Gasteiger partial charge in [-0.25, -0.2) is 9.18 Å². The largest absolute Gasteiger partial charge is 0.478 e. The molecule has 7 heteroatoms. The minimum Gasteiger partial charge on any atom is -0.478 e. The topological polar surface area (TPSA) is 40.5 Å². The van der Waals surface area contributed by atoms with Gasteiger partial charge in [0.25, 0.3) is 0 Å². The summed E-state index contributed by atoms with van der Waals surface area (Å²) >= 11 is 0. The van der Waals surface area contributed by atoms with Crippen molar-refractivity contribution < 1.29 is 27.5 Å². The van der Waals surface area contributed by atoms with Crippen molar-refractivity contribution >= 4 is 17.6 Å². The summed E-state index contributed by atoms with van der Waals surface area (Å²) in [5, 5.41) is 11.1. The van der Waals surface area contributed by atoms with E-state index in [-0.39, 0.29) is 29.3 Å². The lowest BCUT2D eigenvalue weighted by Gasteiger charge is -2.43. The molecule has 0 amide bonds. The zero-order chi connectivity index (χ0) is 27.2. The standard InChI is InChI=1S/C31H29F4NO2/c1-30(2)14-3-15-36(18-30)28(20-6-11-23(32)12-7-20)27-16-21-8-13-24(29(37)38)26(21)17-25(27)19-4-9-22(10-5-19)31(33,34)35/h4-12,16-17,28H,3,13-15,18H2,1-2H3,(H,37,38). The minimum atomic E-state index is -4.46. The van der Waals surface area contributed by atoms with Gasteiger partial charge in [-0.15, -0.1) is 0 Å². The van der Waals surface area contributed by atoms with Gasteiger partial charge in [-0.2, -0.15) is 13.2 Å². The molecule has 0 radical (unpaired) electrons. The van der Waals surface area contributed by atoms with Crippen LogP contribution in [-0.2, 0) is 11.0 Å². The molecule has 2 aliphatic rings. The number of alkyl halides is 3. The maximum absolute atomic E-state index is 13.9. The number of aliphatic carboxylic acids is 1. The van der Waals surface area contributed by atoms with Crippen LogP contribution in [0.15, 0.2) is 60.7 Å². The summed E-state index contributed by atoms with van der Waals surface area (Å²) in [6, 6.07) is 14.8. The van der Waals surface area contributed by atoms with Gasteiger partial charge in [-0.05, 0) is 100 Å². The molecule has 1 atom stereocenters. The molecule has 1 N–H and O–H groups in total. The number of hydrogen-bond acceptors (Lipinski definition) is 2. The van der Waals surface area contributed by atoms with Crippen LogP contribution in [0.1, 0.15) is 55.8 Å². The maximum Gasteiger partial charge on any atom is 0.416 e. The average Bonchev–Trinajstić information content (AvgIpc) is 3.27. The molecule has 38 heavy (non-hydrogen) atoms. The molecule has 1 aliphatic carbocycles. The van der Waals surface area contributed by atoms with E-state index in [1.54, 1.807) is 18.2 Å². The molecule has 1 fully saturated rings. The number of piperidine rings is 1. The van der Waals surface area contributed by atoms with E-state index in [2.05, 4.69) is 18.7 Å². The second kappa shape index (κ2) is 9.70. The van der Waals surface area contributed by atoms with Crippen LogP contribution < -0.4 is 10.4 Å². The summed E-state index contributed by atoms with van der Waals surface area (Å²) in [6.07, 6.45) is -0.262. The molecule has 1 heterocycles. The van der Waals surface area contributed by atoms with Crippen LogP contribution in [0.4, 0.5) is 17.6 Å². The normalized spacial score (nSPS) is 18.1. The Morgan fingerprint density at radius 1 is 1.03 bits per heavy atom. The monoisotopic (exact) mass is 523 g/mol. The Morgan fingerprint density at radius 2 is 1.71 bits per heavy atom. The Balaban J connectivity index is 1.76. The number of benzene rings is 3. The summed E-state index contributed by atoms with van der Waals surface area (Å²) < 4.78 is 53.9. The first kappa shape index (κ1) is 26.2. The second-order valence-electron chi connectivity index (χ2n) is 11.0. The third kappa shape index (κ3) is 5.12. The molecular weight excluding hydrogens is 494 g/mol. The van der Waals surface area contributed by atoms with E-state index < -0.39 is 17.7 Å². The van der Waals surface area contributed by atoms with Crippen molar-refractivity contribution in [3.05, 3.63) is 93.6 Å². The predicted molar refractivity (Wildman–Crippen MR) is 139 cm³/mol. The van der Waals surface area contributed by atoms with E-state index in [0.29, 0.717) is 16.3 Å². The fraction of sp³-hybridized carbons (Fsp3) is 0.323. The number of likely N-dealkylation sites (tertiary alicyclic amines) is 1. The van der Waals surface area contributed by atoms with Crippen molar-refractivity contribution in [1.29, 1.82) is 0 Å². The number of carboxylic acid groups (broad SMARTS) is 1. The van der Waals surface area contributed by atoms with Gasteiger partial charge in [0, 0.05) is 12.1 Å². The predicted octanol–water partition coefficient (Wildman–Crippen LogP) is 6.14. The average molecular weight is 524 g/mol. The second-order valence-corrected chi connectivity index (χ2v) is 11.0. The van der Waals surface area contributed by atoms with E-state index in [1.807, 2.05) is 12.1 Å². The summed E-state index contributed by atoms with van der Waals surface area (Å²) in [7, 11) is 0. The molecule has 5 rings (SSSR count).